The predicted octanol–water partition coefficient (Wildman–Crippen LogP) is 6.77. The van der Waals surface area contributed by atoms with Crippen LogP contribution in [0, 0.1) is 6.92 Å². The summed E-state index contributed by atoms with van der Waals surface area (Å²) in [5.41, 5.74) is 3.11. The van der Waals surface area contributed by atoms with E-state index in [1.54, 1.807) is 4.90 Å². The van der Waals surface area contributed by atoms with Crippen molar-refractivity contribution >= 4 is 38.4 Å². The van der Waals surface area contributed by atoms with Gasteiger partial charge >= 0.3 is 12.4 Å². The van der Waals surface area contributed by atoms with E-state index in [1.807, 2.05) is 68.0 Å². The first-order chi connectivity index (χ1) is 23.2. The van der Waals surface area contributed by atoms with E-state index < -0.39 is 38.6 Å². The molecule has 14 heteroatoms. The number of nitrogens with zero attached hydrogens (tertiary/aromatic N) is 1. The highest BCUT2D eigenvalue weighted by Crippen LogP contribution is 2.44. The maximum Gasteiger partial charge on any atom is 0.573 e. The number of carbonyl (C=O) groups is 2. The third-order valence-corrected chi connectivity index (χ3v) is 9.84. The van der Waals surface area contributed by atoms with Crippen molar-refractivity contribution in [3.05, 3.63) is 89.0 Å². The zero-order valence-electron chi connectivity index (χ0n) is 26.9. The lowest BCUT2D eigenvalue weighted by Crippen LogP contribution is -2.46. The molecule has 0 radical (unpaired) electrons. The molecule has 2 aliphatic rings. The smallest absolute Gasteiger partial charge is 0.493 e. The highest BCUT2D eigenvalue weighted by atomic mass is 32.2. The van der Waals surface area contributed by atoms with Crippen LogP contribution in [0.2, 0.25) is 0 Å². The largest absolute Gasteiger partial charge is 0.573 e. The van der Waals surface area contributed by atoms with E-state index in [0.717, 1.165) is 57.4 Å². The molecule has 1 aliphatic carbocycles. The molecule has 2 N–H and O–H groups in total. The van der Waals surface area contributed by atoms with Crippen molar-refractivity contribution in [1.29, 1.82) is 0 Å². The Hall–Kier alpha value is -4.98. The van der Waals surface area contributed by atoms with Gasteiger partial charge in [-0.15, -0.1) is 13.2 Å². The minimum atomic E-state index is -4.93. The number of amides is 3. The number of nitrogens with one attached hydrogen (secondary N) is 2. The molecule has 49 heavy (non-hydrogen) atoms. The number of halogens is 3. The highest BCUT2D eigenvalue weighted by molar-refractivity contribution is 7.90. The first-order valence-electron chi connectivity index (χ1n) is 15.7. The zero-order valence-corrected chi connectivity index (χ0v) is 27.8. The number of sulfonamides is 1. The lowest BCUT2D eigenvalue weighted by Gasteiger charge is -2.21. The molecule has 1 saturated carbocycles. The van der Waals surface area contributed by atoms with Gasteiger partial charge < -0.3 is 24.4 Å². The normalized spacial score (nSPS) is 15.1. The molecule has 0 spiro atoms. The fraction of sp³-hybridized carbons (Fsp3) is 0.314. The number of carbonyl (C=O) groups excluding carboxylic acids is 2. The number of benzene rings is 4. The minimum Gasteiger partial charge on any atom is -0.493 e. The topological polar surface area (TPSA) is 123 Å². The Kier molecular flexibility index (Phi) is 8.86. The van der Waals surface area contributed by atoms with Crippen LogP contribution in [0.15, 0.2) is 71.6 Å². The molecule has 1 aliphatic heterocycles. The molecule has 1 fully saturated rings. The Morgan fingerprint density at radius 3 is 2.29 bits per heavy atom. The summed E-state index contributed by atoms with van der Waals surface area (Å²) in [6.07, 6.45) is -3.29. The van der Waals surface area contributed by atoms with Crippen molar-refractivity contribution in [2.45, 2.75) is 63.4 Å². The Bertz CT molecular complexity index is 2050. The van der Waals surface area contributed by atoms with Crippen molar-refractivity contribution in [2.24, 2.45) is 0 Å². The summed E-state index contributed by atoms with van der Waals surface area (Å²) in [6.45, 7) is 6.89. The molecule has 0 unspecified atom stereocenters. The summed E-state index contributed by atoms with van der Waals surface area (Å²) < 4.78 is 80.3. The molecule has 0 aromatic heterocycles. The first-order valence-corrected chi connectivity index (χ1v) is 17.2. The number of alkyl halides is 3. The number of urea groups is 1. The Morgan fingerprint density at radius 2 is 1.65 bits per heavy atom. The third-order valence-electron chi connectivity index (χ3n) is 8.49. The maximum atomic E-state index is 13.9. The van der Waals surface area contributed by atoms with Crippen LogP contribution in [0.3, 0.4) is 0 Å². The Balaban J connectivity index is 1.16. The van der Waals surface area contributed by atoms with E-state index >= 15 is 0 Å². The standard InChI is InChI=1S/C35H34F3N3O7S/c1-4-46-28-8-6-7-23-18-29(47-5-2)31-26(30(23)28)20-41(32(31)42)27-14-9-22(17-21(27)3)19-34(15-16-34)39-33(43)40-49(44,45)25-12-10-24(11-13-25)48-35(36,37)38/h6-14,17-18H,4-5,15-16,19-20H2,1-3H3,(H2,39,40,43). The summed E-state index contributed by atoms with van der Waals surface area (Å²) in [4.78, 5) is 28.0. The summed E-state index contributed by atoms with van der Waals surface area (Å²) >= 11 is 0. The molecule has 1 heterocycles. The number of hydrogen-bond acceptors (Lipinski definition) is 7. The van der Waals surface area contributed by atoms with Gasteiger partial charge in [-0.2, -0.15) is 0 Å². The van der Waals surface area contributed by atoms with Gasteiger partial charge in [0.1, 0.15) is 17.2 Å². The maximum absolute atomic E-state index is 13.9. The van der Waals surface area contributed by atoms with Crippen LogP contribution in [-0.4, -0.2) is 45.5 Å². The van der Waals surface area contributed by atoms with Crippen LogP contribution in [0.25, 0.3) is 10.8 Å². The van der Waals surface area contributed by atoms with E-state index in [1.165, 1.54) is 0 Å². The van der Waals surface area contributed by atoms with E-state index in [-0.39, 0.29) is 5.91 Å². The van der Waals surface area contributed by atoms with Crippen molar-refractivity contribution in [1.82, 2.24) is 10.0 Å². The van der Waals surface area contributed by atoms with Crippen molar-refractivity contribution in [3.8, 4) is 17.2 Å². The van der Waals surface area contributed by atoms with Crippen molar-refractivity contribution in [3.63, 3.8) is 0 Å². The van der Waals surface area contributed by atoms with Gasteiger partial charge in [-0.05, 0) is 105 Å². The van der Waals surface area contributed by atoms with Crippen molar-refractivity contribution in [2.75, 3.05) is 18.1 Å². The highest BCUT2D eigenvalue weighted by Gasteiger charge is 2.45. The van der Waals surface area contributed by atoms with E-state index in [4.69, 9.17) is 9.47 Å². The number of fused-ring (bicyclic) bond motifs is 3. The van der Waals surface area contributed by atoms with Crippen molar-refractivity contribution < 1.29 is 45.4 Å². The average molecular weight is 698 g/mol. The van der Waals surface area contributed by atoms with Crippen LogP contribution < -0.4 is 29.1 Å². The van der Waals surface area contributed by atoms with Gasteiger partial charge in [0.25, 0.3) is 15.9 Å². The van der Waals surface area contributed by atoms with Crippen LogP contribution in [0.1, 0.15) is 53.7 Å². The minimum absolute atomic E-state index is 0.178. The van der Waals surface area contributed by atoms with E-state index in [2.05, 4.69) is 10.1 Å². The predicted molar refractivity (Wildman–Crippen MR) is 176 cm³/mol. The molecule has 10 nitrogen and oxygen atoms in total. The second-order valence-corrected chi connectivity index (χ2v) is 13.7. The summed E-state index contributed by atoms with van der Waals surface area (Å²) in [5.74, 6) is 0.457. The number of ether oxygens (including phenoxy) is 3. The van der Waals surface area contributed by atoms with Crippen LogP contribution in [0.4, 0.5) is 23.7 Å². The Morgan fingerprint density at radius 1 is 0.959 bits per heavy atom. The second kappa shape index (κ2) is 12.8. The summed E-state index contributed by atoms with van der Waals surface area (Å²) in [5, 5.41) is 4.55. The van der Waals surface area contributed by atoms with Gasteiger partial charge in [0.2, 0.25) is 0 Å². The van der Waals surface area contributed by atoms with E-state index in [9.17, 15) is 31.2 Å². The zero-order chi connectivity index (χ0) is 35.1. The lowest BCUT2D eigenvalue weighted by molar-refractivity contribution is -0.274. The SMILES string of the molecule is CCOc1cc2cccc(OCC)c2c2c1C(=O)N(c1ccc(CC3(NC(=O)NS(=O)(=O)c4ccc(OC(F)(F)F)cc4)CC3)cc1C)C2. The molecular weight excluding hydrogens is 663 g/mol. The monoisotopic (exact) mass is 697 g/mol. The molecule has 3 amide bonds. The van der Waals surface area contributed by atoms with Gasteiger partial charge in [0.05, 0.1) is 30.2 Å². The second-order valence-electron chi connectivity index (χ2n) is 12.0. The summed E-state index contributed by atoms with van der Waals surface area (Å²) in [6, 6.07) is 15.9. The molecular formula is C35H34F3N3O7S. The fourth-order valence-electron chi connectivity index (χ4n) is 6.26. The molecule has 0 atom stereocenters. The van der Waals surface area contributed by atoms with Crippen LogP contribution in [0.5, 0.6) is 17.2 Å². The first kappa shape index (κ1) is 33.9. The summed E-state index contributed by atoms with van der Waals surface area (Å²) in [7, 11) is -4.37. The molecule has 258 valence electrons. The Labute approximate surface area is 281 Å². The third kappa shape index (κ3) is 7.09. The molecule has 6 rings (SSSR count). The molecule has 0 bridgehead atoms. The number of anilines is 1. The average Bonchev–Trinajstić information content (AvgIpc) is 3.67. The van der Waals surface area contributed by atoms with Gasteiger partial charge in [-0.1, -0.05) is 24.3 Å². The van der Waals surface area contributed by atoms with Gasteiger partial charge in [-0.3, -0.25) is 4.79 Å². The number of hydrogen-bond donors (Lipinski definition) is 2. The molecule has 4 aromatic rings. The van der Waals surface area contributed by atoms with E-state index in [0.29, 0.717) is 56.1 Å². The van der Waals surface area contributed by atoms with Gasteiger partial charge in [0, 0.05) is 16.6 Å². The lowest BCUT2D eigenvalue weighted by atomic mass is 9.99. The fourth-order valence-corrected chi connectivity index (χ4v) is 7.17. The van der Waals surface area contributed by atoms with Crippen LogP contribution >= 0.6 is 0 Å². The van der Waals surface area contributed by atoms with Gasteiger partial charge in [0.15, 0.2) is 0 Å². The van der Waals surface area contributed by atoms with Crippen LogP contribution in [-0.2, 0) is 23.0 Å². The molecule has 0 saturated heterocycles. The number of aryl methyl sites for hydroxylation is 1. The van der Waals surface area contributed by atoms with Gasteiger partial charge in [-0.25, -0.2) is 17.9 Å². The molecule has 4 aromatic carbocycles. The quantitative estimate of drug-likeness (QED) is 0.177. The number of rotatable bonds is 11.